The van der Waals surface area contributed by atoms with Crippen LogP contribution in [-0.2, 0) is 17.1 Å². The summed E-state index contributed by atoms with van der Waals surface area (Å²) in [5, 5.41) is -0.0930. The second kappa shape index (κ2) is 10.3. The number of nitrogens with zero attached hydrogens (tertiary/aromatic N) is 2. The standard InChI is InChI=1S/C21H28N2O4S2/c1-22(2)12-15-8-9-16(27-15)13-28-11-10-23-19(24)14-29-21(23)20-17(25-3)6-5-7-18(20)26-4/h5-9,21H,10-14H2,1-4H3. The Labute approximate surface area is 180 Å². The van der Waals surface area contributed by atoms with Crippen molar-refractivity contribution in [2.45, 2.75) is 17.7 Å². The Bertz CT molecular complexity index is 803. The van der Waals surface area contributed by atoms with E-state index in [2.05, 4.69) is 4.90 Å². The highest BCUT2D eigenvalue weighted by Crippen LogP contribution is 2.46. The van der Waals surface area contributed by atoms with E-state index in [0.29, 0.717) is 12.3 Å². The zero-order valence-electron chi connectivity index (χ0n) is 17.3. The number of benzene rings is 1. The van der Waals surface area contributed by atoms with Gasteiger partial charge >= 0.3 is 0 Å². The average molecular weight is 437 g/mol. The molecule has 0 bridgehead atoms. The number of carbonyl (C=O) groups is 1. The fraction of sp³-hybridized carbons (Fsp3) is 0.476. The van der Waals surface area contributed by atoms with Crippen LogP contribution in [0.25, 0.3) is 0 Å². The third-order valence-electron chi connectivity index (χ3n) is 4.59. The van der Waals surface area contributed by atoms with Gasteiger partial charge in [-0.3, -0.25) is 4.79 Å². The Morgan fingerprint density at radius 3 is 2.52 bits per heavy atom. The molecule has 158 valence electrons. The fourth-order valence-corrected chi connectivity index (χ4v) is 5.39. The number of ether oxygens (including phenoxy) is 2. The lowest BCUT2D eigenvalue weighted by Gasteiger charge is -2.26. The number of amides is 1. The molecule has 6 nitrogen and oxygen atoms in total. The first-order valence-corrected chi connectivity index (χ1v) is 11.7. The number of furan rings is 1. The molecule has 1 aliphatic heterocycles. The van der Waals surface area contributed by atoms with Crippen LogP contribution < -0.4 is 9.47 Å². The maximum absolute atomic E-state index is 12.5. The summed E-state index contributed by atoms with van der Waals surface area (Å²) in [6.07, 6.45) is 0. The summed E-state index contributed by atoms with van der Waals surface area (Å²) in [5.74, 6) is 5.70. The number of hydrogen-bond donors (Lipinski definition) is 0. The second-order valence-electron chi connectivity index (χ2n) is 6.99. The van der Waals surface area contributed by atoms with Crippen molar-refractivity contribution < 1.29 is 18.7 Å². The monoisotopic (exact) mass is 436 g/mol. The first kappa shape index (κ1) is 21.9. The Morgan fingerprint density at radius 2 is 1.86 bits per heavy atom. The molecule has 1 saturated heterocycles. The van der Waals surface area contributed by atoms with Crippen LogP contribution in [0.15, 0.2) is 34.7 Å². The molecule has 1 amide bonds. The molecule has 0 radical (unpaired) electrons. The normalized spacial score (nSPS) is 16.7. The van der Waals surface area contributed by atoms with Gasteiger partial charge in [-0.1, -0.05) is 6.07 Å². The van der Waals surface area contributed by atoms with E-state index in [9.17, 15) is 4.79 Å². The SMILES string of the molecule is COc1cccc(OC)c1C1SCC(=O)N1CCSCc1ccc(CN(C)C)o1. The molecule has 1 aromatic carbocycles. The molecule has 0 aliphatic carbocycles. The first-order chi connectivity index (χ1) is 14.0. The molecule has 29 heavy (non-hydrogen) atoms. The zero-order chi connectivity index (χ0) is 20.8. The van der Waals surface area contributed by atoms with Crippen molar-refractivity contribution in [3.63, 3.8) is 0 Å². The molecule has 1 fully saturated rings. The van der Waals surface area contributed by atoms with Gasteiger partial charge in [-0.25, -0.2) is 0 Å². The first-order valence-electron chi connectivity index (χ1n) is 9.45. The van der Waals surface area contributed by atoms with Crippen LogP contribution in [0, 0.1) is 0 Å². The molecule has 1 unspecified atom stereocenters. The third-order valence-corrected chi connectivity index (χ3v) is 6.77. The summed E-state index contributed by atoms with van der Waals surface area (Å²) in [7, 11) is 7.34. The largest absolute Gasteiger partial charge is 0.496 e. The third kappa shape index (κ3) is 5.43. The van der Waals surface area contributed by atoms with Crippen LogP contribution in [0.2, 0.25) is 0 Å². The van der Waals surface area contributed by atoms with Gasteiger partial charge in [-0.05, 0) is 38.4 Å². The Morgan fingerprint density at radius 1 is 1.17 bits per heavy atom. The Hall–Kier alpha value is -1.77. The van der Waals surface area contributed by atoms with Crippen LogP contribution in [0.5, 0.6) is 11.5 Å². The minimum Gasteiger partial charge on any atom is -0.496 e. The summed E-state index contributed by atoms with van der Waals surface area (Å²) in [5.41, 5.74) is 0.928. The predicted molar refractivity (Wildman–Crippen MR) is 119 cm³/mol. The van der Waals surface area contributed by atoms with Crippen molar-refractivity contribution in [1.29, 1.82) is 0 Å². The smallest absolute Gasteiger partial charge is 0.233 e. The number of hydrogen-bond acceptors (Lipinski definition) is 7. The number of thioether (sulfide) groups is 2. The van der Waals surface area contributed by atoms with Gasteiger partial charge in [0.2, 0.25) is 5.91 Å². The molecule has 1 aliphatic rings. The van der Waals surface area contributed by atoms with Crippen molar-refractivity contribution >= 4 is 29.4 Å². The molecule has 8 heteroatoms. The highest BCUT2D eigenvalue weighted by atomic mass is 32.2. The summed E-state index contributed by atoms with van der Waals surface area (Å²) in [6, 6.07) is 9.79. The van der Waals surface area contributed by atoms with Crippen LogP contribution in [0.4, 0.5) is 0 Å². The number of carbonyl (C=O) groups excluding carboxylic acids is 1. The molecule has 0 N–H and O–H groups in total. The maximum Gasteiger partial charge on any atom is 0.233 e. The van der Waals surface area contributed by atoms with E-state index in [0.717, 1.165) is 46.6 Å². The van der Waals surface area contributed by atoms with Crippen molar-refractivity contribution in [2.24, 2.45) is 0 Å². The molecule has 3 rings (SSSR count). The molecule has 0 saturated carbocycles. The molecule has 1 atom stereocenters. The highest BCUT2D eigenvalue weighted by Gasteiger charge is 2.36. The van der Waals surface area contributed by atoms with Gasteiger partial charge in [0.25, 0.3) is 0 Å². The minimum absolute atomic E-state index is 0.0930. The molecular weight excluding hydrogens is 408 g/mol. The molecule has 2 heterocycles. The quantitative estimate of drug-likeness (QED) is 0.524. The van der Waals surface area contributed by atoms with E-state index in [1.807, 2.05) is 49.3 Å². The number of methoxy groups -OCH3 is 2. The van der Waals surface area contributed by atoms with Crippen LogP contribution >= 0.6 is 23.5 Å². The molecule has 2 aromatic rings. The summed E-state index contributed by atoms with van der Waals surface area (Å²) in [4.78, 5) is 16.5. The highest BCUT2D eigenvalue weighted by molar-refractivity contribution is 8.00. The van der Waals surface area contributed by atoms with Crippen LogP contribution in [-0.4, -0.2) is 62.1 Å². The van der Waals surface area contributed by atoms with Crippen molar-refractivity contribution in [3.05, 3.63) is 47.4 Å². The average Bonchev–Trinajstić information content (AvgIpc) is 3.30. The predicted octanol–water partition coefficient (Wildman–Crippen LogP) is 3.87. The minimum atomic E-state index is -0.0930. The lowest BCUT2D eigenvalue weighted by molar-refractivity contribution is -0.127. The van der Waals surface area contributed by atoms with E-state index < -0.39 is 0 Å². The van der Waals surface area contributed by atoms with Gasteiger partial charge in [-0.15, -0.1) is 11.8 Å². The van der Waals surface area contributed by atoms with Crippen molar-refractivity contribution in [1.82, 2.24) is 9.80 Å². The van der Waals surface area contributed by atoms with E-state index in [-0.39, 0.29) is 11.3 Å². The zero-order valence-corrected chi connectivity index (χ0v) is 19.0. The van der Waals surface area contributed by atoms with Gasteiger partial charge in [0, 0.05) is 12.3 Å². The summed E-state index contributed by atoms with van der Waals surface area (Å²) < 4.78 is 16.9. The van der Waals surface area contributed by atoms with E-state index in [1.54, 1.807) is 37.7 Å². The molecular formula is C21H28N2O4S2. The van der Waals surface area contributed by atoms with Crippen molar-refractivity contribution in [3.8, 4) is 11.5 Å². The van der Waals surface area contributed by atoms with Gasteiger partial charge in [0.1, 0.15) is 28.4 Å². The Kier molecular flexibility index (Phi) is 7.80. The van der Waals surface area contributed by atoms with Crippen LogP contribution in [0.1, 0.15) is 22.5 Å². The summed E-state index contributed by atoms with van der Waals surface area (Å²) in [6.45, 7) is 1.47. The Balaban J connectivity index is 1.60. The lowest BCUT2D eigenvalue weighted by atomic mass is 10.1. The van der Waals surface area contributed by atoms with E-state index in [1.165, 1.54) is 0 Å². The van der Waals surface area contributed by atoms with E-state index >= 15 is 0 Å². The number of rotatable bonds is 10. The van der Waals surface area contributed by atoms with Gasteiger partial charge in [0.15, 0.2) is 0 Å². The molecule has 0 spiro atoms. The lowest BCUT2D eigenvalue weighted by Crippen LogP contribution is -2.30. The van der Waals surface area contributed by atoms with Gasteiger partial charge in [-0.2, -0.15) is 11.8 Å². The van der Waals surface area contributed by atoms with Gasteiger partial charge in [0.05, 0.1) is 37.8 Å². The second-order valence-corrected chi connectivity index (χ2v) is 9.16. The maximum atomic E-state index is 12.5. The fourth-order valence-electron chi connectivity index (χ4n) is 3.29. The molecule has 1 aromatic heterocycles. The summed E-state index contributed by atoms with van der Waals surface area (Å²) >= 11 is 3.39. The van der Waals surface area contributed by atoms with Crippen molar-refractivity contribution in [2.75, 3.05) is 46.4 Å². The van der Waals surface area contributed by atoms with Gasteiger partial charge < -0.3 is 23.7 Å². The topological polar surface area (TPSA) is 55.2 Å². The van der Waals surface area contributed by atoms with Crippen LogP contribution in [0.3, 0.4) is 0 Å². The van der Waals surface area contributed by atoms with E-state index in [4.69, 9.17) is 13.9 Å².